The van der Waals surface area contributed by atoms with Crippen LogP contribution in [0, 0.1) is 0 Å². The fourth-order valence-corrected chi connectivity index (χ4v) is 3.31. The normalized spacial score (nSPS) is 10.4. The fourth-order valence-electron chi connectivity index (χ4n) is 2.92. The van der Waals surface area contributed by atoms with Gasteiger partial charge in [0.15, 0.2) is 13.2 Å². The third-order valence-corrected chi connectivity index (χ3v) is 5.26. The number of carbonyl (C=O) groups excluding carboxylic acids is 2. The van der Waals surface area contributed by atoms with Gasteiger partial charge in [0.05, 0.1) is 10.0 Å². The van der Waals surface area contributed by atoms with Crippen LogP contribution in [0.15, 0.2) is 48.5 Å². The Balaban J connectivity index is 1.38. The zero-order valence-corrected chi connectivity index (χ0v) is 19.6. The molecule has 0 atom stereocenters. The van der Waals surface area contributed by atoms with E-state index in [0.717, 1.165) is 38.5 Å². The number of nitrogens with one attached hydrogen (secondary N) is 2. The second-order valence-corrected chi connectivity index (χ2v) is 8.07. The molecule has 0 aliphatic rings. The van der Waals surface area contributed by atoms with E-state index in [1.165, 1.54) is 0 Å². The Morgan fingerprint density at radius 3 is 1.41 bits per heavy atom. The monoisotopic (exact) mass is 480 g/mol. The van der Waals surface area contributed by atoms with E-state index < -0.39 is 0 Å². The molecule has 0 spiro atoms. The summed E-state index contributed by atoms with van der Waals surface area (Å²) in [6.07, 6.45) is 6.13. The van der Waals surface area contributed by atoms with Crippen molar-refractivity contribution in [1.29, 1.82) is 0 Å². The van der Waals surface area contributed by atoms with Crippen molar-refractivity contribution in [1.82, 2.24) is 10.6 Å². The minimum Gasteiger partial charge on any atom is -0.482 e. The van der Waals surface area contributed by atoms with Crippen LogP contribution >= 0.6 is 23.2 Å². The molecule has 2 rings (SSSR count). The Bertz CT molecular complexity index is 779. The third-order valence-electron chi connectivity index (χ3n) is 4.64. The first-order valence-corrected chi connectivity index (χ1v) is 11.6. The number of unbranched alkanes of at least 4 members (excludes halogenated alkanes) is 5. The Labute approximate surface area is 199 Å². The molecule has 6 nitrogen and oxygen atoms in total. The van der Waals surface area contributed by atoms with Crippen molar-refractivity contribution in [2.75, 3.05) is 26.3 Å². The van der Waals surface area contributed by atoms with Gasteiger partial charge in [0, 0.05) is 13.1 Å². The van der Waals surface area contributed by atoms with E-state index in [2.05, 4.69) is 10.6 Å². The van der Waals surface area contributed by atoms with Gasteiger partial charge in [-0.2, -0.15) is 0 Å². The molecule has 32 heavy (non-hydrogen) atoms. The van der Waals surface area contributed by atoms with Crippen molar-refractivity contribution < 1.29 is 19.1 Å². The van der Waals surface area contributed by atoms with Gasteiger partial charge in [-0.05, 0) is 37.1 Å². The lowest BCUT2D eigenvalue weighted by molar-refractivity contribution is -0.123. The van der Waals surface area contributed by atoms with Gasteiger partial charge in [-0.15, -0.1) is 0 Å². The van der Waals surface area contributed by atoms with Crippen molar-refractivity contribution in [3.05, 3.63) is 58.6 Å². The first-order valence-electron chi connectivity index (χ1n) is 10.8. The lowest BCUT2D eigenvalue weighted by Gasteiger charge is -2.09. The molecule has 174 valence electrons. The van der Waals surface area contributed by atoms with Crippen LogP contribution in [-0.4, -0.2) is 38.1 Å². The maximum absolute atomic E-state index is 11.8. The molecule has 0 aliphatic heterocycles. The number of benzene rings is 2. The summed E-state index contributed by atoms with van der Waals surface area (Å²) in [6.45, 7) is 1.18. The van der Waals surface area contributed by atoms with Crippen LogP contribution in [0.5, 0.6) is 11.5 Å². The van der Waals surface area contributed by atoms with Crippen molar-refractivity contribution in [3.63, 3.8) is 0 Å². The third kappa shape index (κ3) is 10.7. The number of carbonyl (C=O) groups is 2. The number of hydrogen-bond donors (Lipinski definition) is 2. The maximum Gasteiger partial charge on any atom is 0.257 e. The van der Waals surface area contributed by atoms with Gasteiger partial charge in [0.2, 0.25) is 0 Å². The number of halogens is 2. The summed E-state index contributed by atoms with van der Waals surface area (Å²) < 4.78 is 10.8. The minimum atomic E-state index is -0.154. The summed E-state index contributed by atoms with van der Waals surface area (Å²) in [7, 11) is 0. The summed E-state index contributed by atoms with van der Waals surface area (Å²) in [5.41, 5.74) is 0. The zero-order chi connectivity index (χ0) is 23.0. The largest absolute Gasteiger partial charge is 0.482 e. The Kier molecular flexibility index (Phi) is 12.4. The van der Waals surface area contributed by atoms with Crippen LogP contribution < -0.4 is 20.1 Å². The van der Waals surface area contributed by atoms with Crippen molar-refractivity contribution in [3.8, 4) is 11.5 Å². The molecule has 8 heteroatoms. The van der Waals surface area contributed by atoms with Gasteiger partial charge in [-0.25, -0.2) is 0 Å². The highest BCUT2D eigenvalue weighted by Crippen LogP contribution is 2.23. The topological polar surface area (TPSA) is 76.7 Å². The highest BCUT2D eigenvalue weighted by atomic mass is 35.5. The average molecular weight is 481 g/mol. The molecule has 2 amide bonds. The Morgan fingerprint density at radius 2 is 1.00 bits per heavy atom. The fraction of sp³-hybridized carbons (Fsp3) is 0.417. The molecule has 0 saturated carbocycles. The molecular weight excluding hydrogens is 451 g/mol. The molecule has 2 aromatic rings. The van der Waals surface area contributed by atoms with E-state index in [9.17, 15) is 9.59 Å². The summed E-state index contributed by atoms with van der Waals surface area (Å²) >= 11 is 12.0. The SMILES string of the molecule is O=C(COc1ccccc1Cl)NCCCCCCCCNC(=O)COc1ccccc1Cl. The average Bonchev–Trinajstić information content (AvgIpc) is 2.79. The van der Waals surface area contributed by atoms with Crippen LogP contribution in [0.4, 0.5) is 0 Å². The number of para-hydroxylation sites is 2. The van der Waals surface area contributed by atoms with Gasteiger partial charge in [0.1, 0.15) is 11.5 Å². The molecule has 0 fully saturated rings. The van der Waals surface area contributed by atoms with Crippen LogP contribution in [0.1, 0.15) is 38.5 Å². The van der Waals surface area contributed by atoms with Gasteiger partial charge >= 0.3 is 0 Å². The molecule has 0 aromatic heterocycles. The van der Waals surface area contributed by atoms with E-state index in [1.54, 1.807) is 24.3 Å². The first kappa shape index (κ1) is 25.8. The number of hydrogen-bond acceptors (Lipinski definition) is 4. The first-order chi connectivity index (χ1) is 15.6. The van der Waals surface area contributed by atoms with Gasteiger partial charge < -0.3 is 20.1 Å². The molecule has 0 saturated heterocycles. The van der Waals surface area contributed by atoms with Crippen LogP contribution in [0.25, 0.3) is 0 Å². The van der Waals surface area contributed by atoms with Crippen LogP contribution in [0.3, 0.4) is 0 Å². The second-order valence-electron chi connectivity index (χ2n) is 7.26. The lowest BCUT2D eigenvalue weighted by atomic mass is 10.1. The van der Waals surface area contributed by atoms with Crippen molar-refractivity contribution in [2.24, 2.45) is 0 Å². The second kappa shape index (κ2) is 15.4. The smallest absolute Gasteiger partial charge is 0.257 e. The summed E-state index contributed by atoms with van der Waals surface area (Å²) in [5.74, 6) is 0.709. The highest BCUT2D eigenvalue weighted by Gasteiger charge is 2.06. The number of amides is 2. The minimum absolute atomic E-state index is 0.0428. The Morgan fingerprint density at radius 1 is 0.625 bits per heavy atom. The van der Waals surface area contributed by atoms with Crippen LogP contribution in [-0.2, 0) is 9.59 Å². The molecule has 0 aliphatic carbocycles. The van der Waals surface area contributed by atoms with E-state index in [0.29, 0.717) is 34.6 Å². The van der Waals surface area contributed by atoms with E-state index >= 15 is 0 Å². The van der Waals surface area contributed by atoms with Gasteiger partial charge in [-0.1, -0.05) is 73.2 Å². The standard InChI is InChI=1S/C24H30Cl2N2O4/c25-19-11-5-7-13-21(19)31-17-23(29)27-15-9-3-1-2-4-10-16-28-24(30)18-32-22-14-8-6-12-20(22)26/h5-8,11-14H,1-4,9-10,15-18H2,(H,27,29)(H,28,30). The summed E-state index contributed by atoms with van der Waals surface area (Å²) in [5, 5.41) is 6.68. The predicted octanol–water partition coefficient (Wildman–Crippen LogP) is 5.02. The molecule has 0 heterocycles. The molecular formula is C24H30Cl2N2O4. The van der Waals surface area contributed by atoms with Crippen molar-refractivity contribution in [2.45, 2.75) is 38.5 Å². The van der Waals surface area contributed by atoms with E-state index in [-0.39, 0.29) is 25.0 Å². The predicted molar refractivity (Wildman–Crippen MR) is 128 cm³/mol. The Hall–Kier alpha value is -2.44. The van der Waals surface area contributed by atoms with Crippen LogP contribution in [0.2, 0.25) is 10.0 Å². The summed E-state index contributed by atoms with van der Waals surface area (Å²) in [4.78, 5) is 23.6. The molecule has 2 N–H and O–H groups in total. The lowest BCUT2D eigenvalue weighted by Crippen LogP contribution is -2.29. The highest BCUT2D eigenvalue weighted by molar-refractivity contribution is 6.32. The molecule has 0 unspecified atom stereocenters. The number of rotatable bonds is 15. The van der Waals surface area contributed by atoms with E-state index in [1.807, 2.05) is 24.3 Å². The van der Waals surface area contributed by atoms with E-state index in [4.69, 9.17) is 32.7 Å². The van der Waals surface area contributed by atoms with Crippen molar-refractivity contribution >= 4 is 35.0 Å². The molecule has 0 bridgehead atoms. The summed E-state index contributed by atoms with van der Waals surface area (Å²) in [6, 6.07) is 14.1. The number of ether oxygens (including phenoxy) is 2. The quantitative estimate of drug-likeness (QED) is 0.350. The molecule has 0 radical (unpaired) electrons. The molecule has 2 aromatic carbocycles. The zero-order valence-electron chi connectivity index (χ0n) is 18.1. The van der Waals surface area contributed by atoms with Gasteiger partial charge in [-0.3, -0.25) is 9.59 Å². The van der Waals surface area contributed by atoms with Gasteiger partial charge in [0.25, 0.3) is 11.8 Å². The maximum atomic E-state index is 11.8.